The molecule has 0 fully saturated rings. The molecule has 19 heavy (non-hydrogen) atoms. The number of carbonyl (C=O) groups is 1. The number of halogens is 1. The Hall–Kier alpha value is -2.20. The molecule has 0 radical (unpaired) electrons. The van der Waals surface area contributed by atoms with Gasteiger partial charge in [0.25, 0.3) is 0 Å². The quantitative estimate of drug-likeness (QED) is 0.388. The standard InChI is InChI=1S/C14H9ClN2O2/c1-19-14(18)8-2-3-12-10(6-8)11-7-16-5-4-9(11)13(15)17-12/h2-7H,1H3. The first-order chi connectivity index (χ1) is 9.20. The van der Waals surface area contributed by atoms with Crippen LogP contribution in [0.15, 0.2) is 36.7 Å². The summed E-state index contributed by atoms with van der Waals surface area (Å²) >= 11 is 6.14. The zero-order valence-electron chi connectivity index (χ0n) is 10.1. The second kappa shape index (κ2) is 4.48. The maximum Gasteiger partial charge on any atom is 0.337 e. The van der Waals surface area contributed by atoms with E-state index in [1.807, 2.05) is 0 Å². The molecular weight excluding hydrogens is 264 g/mol. The highest BCUT2D eigenvalue weighted by Crippen LogP contribution is 2.29. The van der Waals surface area contributed by atoms with Crippen LogP contribution >= 0.6 is 11.6 Å². The van der Waals surface area contributed by atoms with E-state index in [1.165, 1.54) is 7.11 Å². The lowest BCUT2D eigenvalue weighted by Crippen LogP contribution is -2.01. The molecule has 0 N–H and O–H groups in total. The average Bonchev–Trinajstić information content (AvgIpc) is 2.46. The van der Waals surface area contributed by atoms with E-state index in [9.17, 15) is 4.79 Å². The minimum absolute atomic E-state index is 0.381. The summed E-state index contributed by atoms with van der Waals surface area (Å²) in [6, 6.07) is 6.96. The number of hydrogen-bond donors (Lipinski definition) is 0. The molecule has 0 saturated heterocycles. The first-order valence-corrected chi connectivity index (χ1v) is 6.00. The van der Waals surface area contributed by atoms with Gasteiger partial charge in [-0.3, -0.25) is 4.98 Å². The molecule has 1 aromatic carbocycles. The number of benzene rings is 1. The molecule has 0 aliphatic carbocycles. The number of ether oxygens (including phenoxy) is 1. The maximum atomic E-state index is 11.6. The van der Waals surface area contributed by atoms with Gasteiger partial charge in [-0.25, -0.2) is 9.78 Å². The average molecular weight is 273 g/mol. The van der Waals surface area contributed by atoms with Crippen molar-refractivity contribution in [2.75, 3.05) is 7.11 Å². The molecule has 0 amide bonds. The molecule has 2 heterocycles. The lowest BCUT2D eigenvalue weighted by molar-refractivity contribution is 0.0601. The van der Waals surface area contributed by atoms with E-state index < -0.39 is 0 Å². The third kappa shape index (κ3) is 1.90. The zero-order chi connectivity index (χ0) is 13.4. The Labute approximate surface area is 114 Å². The Morgan fingerprint density at radius 2 is 2.05 bits per heavy atom. The summed E-state index contributed by atoms with van der Waals surface area (Å²) in [5, 5.41) is 2.93. The summed E-state index contributed by atoms with van der Waals surface area (Å²) in [4.78, 5) is 20.0. The number of esters is 1. The molecule has 5 heteroatoms. The van der Waals surface area contributed by atoms with E-state index in [4.69, 9.17) is 16.3 Å². The van der Waals surface area contributed by atoms with Crippen molar-refractivity contribution >= 4 is 39.2 Å². The smallest absolute Gasteiger partial charge is 0.337 e. The zero-order valence-corrected chi connectivity index (χ0v) is 10.8. The van der Waals surface area contributed by atoms with E-state index in [0.717, 1.165) is 21.7 Å². The highest BCUT2D eigenvalue weighted by molar-refractivity contribution is 6.35. The van der Waals surface area contributed by atoms with Crippen molar-refractivity contribution in [2.45, 2.75) is 0 Å². The van der Waals surface area contributed by atoms with Crippen molar-refractivity contribution in [2.24, 2.45) is 0 Å². The van der Waals surface area contributed by atoms with Crippen molar-refractivity contribution in [1.29, 1.82) is 0 Å². The van der Waals surface area contributed by atoms with E-state index in [1.54, 1.807) is 36.7 Å². The Morgan fingerprint density at radius 3 is 2.84 bits per heavy atom. The molecule has 0 atom stereocenters. The SMILES string of the molecule is COC(=O)c1ccc2nc(Cl)c3ccncc3c2c1. The summed E-state index contributed by atoms with van der Waals surface area (Å²) in [5.74, 6) is -0.381. The van der Waals surface area contributed by atoms with Crippen LogP contribution in [0.5, 0.6) is 0 Å². The minimum atomic E-state index is -0.381. The summed E-state index contributed by atoms with van der Waals surface area (Å²) in [6.45, 7) is 0. The summed E-state index contributed by atoms with van der Waals surface area (Å²) < 4.78 is 4.72. The molecule has 94 valence electrons. The van der Waals surface area contributed by atoms with Crippen LogP contribution in [0.1, 0.15) is 10.4 Å². The third-order valence-electron chi connectivity index (χ3n) is 2.97. The van der Waals surface area contributed by atoms with Gasteiger partial charge in [-0.2, -0.15) is 0 Å². The van der Waals surface area contributed by atoms with Crippen LogP contribution in [-0.4, -0.2) is 23.0 Å². The van der Waals surface area contributed by atoms with Gasteiger partial charge >= 0.3 is 5.97 Å². The molecule has 0 unspecified atom stereocenters. The van der Waals surface area contributed by atoms with Crippen molar-refractivity contribution in [3.05, 3.63) is 47.4 Å². The number of methoxy groups -OCH3 is 1. The molecule has 2 aromatic heterocycles. The van der Waals surface area contributed by atoms with E-state index in [2.05, 4.69) is 9.97 Å². The van der Waals surface area contributed by atoms with Crippen molar-refractivity contribution in [1.82, 2.24) is 9.97 Å². The van der Waals surface area contributed by atoms with Gasteiger partial charge in [0, 0.05) is 28.6 Å². The lowest BCUT2D eigenvalue weighted by atomic mass is 10.1. The van der Waals surface area contributed by atoms with Crippen LogP contribution in [-0.2, 0) is 4.74 Å². The van der Waals surface area contributed by atoms with Gasteiger partial charge in [-0.05, 0) is 24.3 Å². The second-order valence-corrected chi connectivity index (χ2v) is 4.41. The van der Waals surface area contributed by atoms with Gasteiger partial charge in [0.05, 0.1) is 18.2 Å². The number of pyridine rings is 2. The van der Waals surface area contributed by atoms with E-state index in [0.29, 0.717) is 10.7 Å². The molecule has 0 aliphatic heterocycles. The van der Waals surface area contributed by atoms with Gasteiger partial charge in [0.15, 0.2) is 0 Å². The highest BCUT2D eigenvalue weighted by atomic mass is 35.5. The summed E-state index contributed by atoms with van der Waals surface area (Å²) in [6.07, 6.45) is 3.37. The molecule has 0 saturated carbocycles. The topological polar surface area (TPSA) is 52.1 Å². The van der Waals surface area contributed by atoms with Gasteiger partial charge < -0.3 is 4.74 Å². The maximum absolute atomic E-state index is 11.6. The Kier molecular flexibility index (Phi) is 2.80. The fourth-order valence-corrected chi connectivity index (χ4v) is 2.30. The van der Waals surface area contributed by atoms with Crippen LogP contribution < -0.4 is 0 Å². The first-order valence-electron chi connectivity index (χ1n) is 5.62. The number of aromatic nitrogens is 2. The second-order valence-electron chi connectivity index (χ2n) is 4.05. The van der Waals surface area contributed by atoms with E-state index >= 15 is 0 Å². The molecule has 0 aliphatic rings. The number of fused-ring (bicyclic) bond motifs is 3. The fraction of sp³-hybridized carbons (Fsp3) is 0.0714. The Morgan fingerprint density at radius 1 is 1.21 bits per heavy atom. The fourth-order valence-electron chi connectivity index (χ4n) is 2.05. The summed E-state index contributed by atoms with van der Waals surface area (Å²) in [5.41, 5.74) is 1.20. The minimum Gasteiger partial charge on any atom is -0.465 e. The number of rotatable bonds is 1. The molecule has 4 nitrogen and oxygen atoms in total. The van der Waals surface area contributed by atoms with Crippen LogP contribution in [0, 0.1) is 0 Å². The van der Waals surface area contributed by atoms with Crippen LogP contribution in [0.3, 0.4) is 0 Å². The van der Waals surface area contributed by atoms with Gasteiger partial charge in [0.2, 0.25) is 0 Å². The predicted molar refractivity (Wildman–Crippen MR) is 73.4 cm³/mol. The summed E-state index contributed by atoms with van der Waals surface area (Å²) in [7, 11) is 1.35. The number of carbonyl (C=O) groups excluding carboxylic acids is 1. The van der Waals surface area contributed by atoms with Crippen LogP contribution in [0.25, 0.3) is 21.7 Å². The molecule has 3 rings (SSSR count). The predicted octanol–water partition coefficient (Wildman–Crippen LogP) is 3.22. The largest absolute Gasteiger partial charge is 0.465 e. The van der Waals surface area contributed by atoms with Gasteiger partial charge in [0.1, 0.15) is 5.15 Å². The van der Waals surface area contributed by atoms with Crippen molar-refractivity contribution < 1.29 is 9.53 Å². The first kappa shape index (κ1) is 11.9. The molecule has 0 bridgehead atoms. The van der Waals surface area contributed by atoms with Crippen molar-refractivity contribution in [3.8, 4) is 0 Å². The van der Waals surface area contributed by atoms with Crippen LogP contribution in [0.2, 0.25) is 5.15 Å². The van der Waals surface area contributed by atoms with E-state index in [-0.39, 0.29) is 5.97 Å². The van der Waals surface area contributed by atoms with Crippen LogP contribution in [0.4, 0.5) is 0 Å². The Balaban J connectivity index is 2.41. The van der Waals surface area contributed by atoms with Crippen molar-refractivity contribution in [3.63, 3.8) is 0 Å². The monoisotopic (exact) mass is 272 g/mol. The molecular formula is C14H9ClN2O2. The van der Waals surface area contributed by atoms with Gasteiger partial charge in [-0.15, -0.1) is 0 Å². The number of hydrogen-bond acceptors (Lipinski definition) is 4. The number of nitrogens with zero attached hydrogens (tertiary/aromatic N) is 2. The lowest BCUT2D eigenvalue weighted by Gasteiger charge is -2.06. The normalized spacial score (nSPS) is 10.8. The molecule has 3 aromatic rings. The molecule has 0 spiro atoms. The highest BCUT2D eigenvalue weighted by Gasteiger charge is 2.10. The Bertz CT molecular complexity index is 802. The third-order valence-corrected chi connectivity index (χ3v) is 3.26. The van der Waals surface area contributed by atoms with Gasteiger partial charge in [-0.1, -0.05) is 11.6 Å².